The van der Waals surface area contributed by atoms with Crippen LogP contribution in [0.4, 0.5) is 0 Å². The van der Waals surface area contributed by atoms with E-state index in [1.807, 2.05) is 67.6 Å². The summed E-state index contributed by atoms with van der Waals surface area (Å²) in [5.74, 6) is 1.81. The number of nitrogens with zero attached hydrogens (tertiary/aromatic N) is 2. The van der Waals surface area contributed by atoms with Gasteiger partial charge in [0, 0.05) is 23.5 Å². The number of ether oxygens (including phenoxy) is 2. The molecule has 0 amide bonds. The highest BCUT2D eigenvalue weighted by molar-refractivity contribution is 5.97. The van der Waals surface area contributed by atoms with Crippen molar-refractivity contribution < 1.29 is 14.3 Å². The lowest BCUT2D eigenvalue weighted by atomic mass is 10.2. The van der Waals surface area contributed by atoms with E-state index >= 15 is 0 Å². The Bertz CT molecular complexity index is 914. The molecule has 3 aromatic rings. The molecule has 2 N–H and O–H groups in total. The Morgan fingerprint density at radius 2 is 1.89 bits per heavy atom. The van der Waals surface area contributed by atoms with Gasteiger partial charge in [0.05, 0.1) is 0 Å². The van der Waals surface area contributed by atoms with Crippen molar-refractivity contribution in [2.24, 2.45) is 10.9 Å². The Hall–Kier alpha value is -3.54. The highest BCUT2D eigenvalue weighted by atomic mass is 16.6. The summed E-state index contributed by atoms with van der Waals surface area (Å²) in [5.41, 5.74) is 8.80. The summed E-state index contributed by atoms with van der Waals surface area (Å²) in [7, 11) is 0. The fourth-order valence-electron chi connectivity index (χ4n) is 2.47. The molecule has 3 rings (SSSR count). The molecule has 144 valence electrons. The van der Waals surface area contributed by atoms with E-state index in [1.165, 1.54) is 0 Å². The lowest BCUT2D eigenvalue weighted by Gasteiger charge is -2.09. The third-order valence-electron chi connectivity index (χ3n) is 3.95. The van der Waals surface area contributed by atoms with Gasteiger partial charge in [0.2, 0.25) is 0 Å². The Morgan fingerprint density at radius 1 is 1.00 bits per heavy atom. The van der Waals surface area contributed by atoms with Gasteiger partial charge in [0.25, 0.3) is 0 Å². The molecule has 2 aromatic carbocycles. The third kappa shape index (κ3) is 5.74. The van der Waals surface area contributed by atoms with Crippen molar-refractivity contribution in [3.05, 3.63) is 89.7 Å². The van der Waals surface area contributed by atoms with Crippen LogP contribution >= 0.6 is 0 Å². The summed E-state index contributed by atoms with van der Waals surface area (Å²) < 4.78 is 11.4. The van der Waals surface area contributed by atoms with E-state index in [2.05, 4.69) is 10.1 Å². The molecule has 0 saturated heterocycles. The summed E-state index contributed by atoms with van der Waals surface area (Å²) in [6.45, 7) is 3.11. The Labute approximate surface area is 164 Å². The molecular weight excluding hydrogens is 354 g/mol. The van der Waals surface area contributed by atoms with Gasteiger partial charge in [-0.1, -0.05) is 41.6 Å². The lowest BCUT2D eigenvalue weighted by molar-refractivity contribution is 0.107. The smallest absolute Gasteiger partial charge is 0.170 e. The van der Waals surface area contributed by atoms with E-state index < -0.39 is 0 Å². The maximum absolute atomic E-state index is 6.01. The molecule has 6 nitrogen and oxygen atoms in total. The number of rotatable bonds is 9. The van der Waals surface area contributed by atoms with Crippen LogP contribution in [0.25, 0.3) is 0 Å². The molecular formula is C22H23N3O3. The Morgan fingerprint density at radius 3 is 2.71 bits per heavy atom. The second-order valence-corrected chi connectivity index (χ2v) is 6.10. The molecule has 0 radical (unpaired) electrons. The first-order valence-corrected chi connectivity index (χ1v) is 8.98. The van der Waals surface area contributed by atoms with E-state index in [0.29, 0.717) is 25.6 Å². The summed E-state index contributed by atoms with van der Waals surface area (Å²) >= 11 is 0. The number of pyridine rings is 1. The average Bonchev–Trinajstić information content (AvgIpc) is 2.74. The number of hydrogen-bond donors (Lipinski definition) is 1. The van der Waals surface area contributed by atoms with Gasteiger partial charge in [-0.15, -0.1) is 0 Å². The van der Waals surface area contributed by atoms with Crippen LogP contribution in [0.2, 0.25) is 0 Å². The number of para-hydroxylation sites is 1. The second kappa shape index (κ2) is 9.97. The van der Waals surface area contributed by atoms with Crippen molar-refractivity contribution in [3.63, 3.8) is 0 Å². The highest BCUT2D eigenvalue weighted by Gasteiger charge is 2.03. The second-order valence-electron chi connectivity index (χ2n) is 6.10. The quantitative estimate of drug-likeness (QED) is 0.266. The first-order valence-electron chi connectivity index (χ1n) is 8.98. The molecule has 1 aromatic heterocycles. The number of hydrogen-bond acceptors (Lipinski definition) is 5. The maximum Gasteiger partial charge on any atom is 0.170 e. The van der Waals surface area contributed by atoms with Crippen molar-refractivity contribution in [2.45, 2.75) is 13.5 Å². The molecule has 1 heterocycles. The van der Waals surface area contributed by atoms with Gasteiger partial charge in [-0.25, -0.2) is 0 Å². The van der Waals surface area contributed by atoms with Gasteiger partial charge in [-0.05, 0) is 36.8 Å². The maximum atomic E-state index is 6.01. The van der Waals surface area contributed by atoms with Crippen molar-refractivity contribution in [3.8, 4) is 11.5 Å². The number of amidine groups is 1. The van der Waals surface area contributed by atoms with E-state index in [9.17, 15) is 0 Å². The summed E-state index contributed by atoms with van der Waals surface area (Å²) in [5, 5.41) is 3.96. The number of aryl methyl sites for hydroxylation is 1. The van der Waals surface area contributed by atoms with Crippen molar-refractivity contribution in [1.82, 2.24) is 4.98 Å². The van der Waals surface area contributed by atoms with Crippen LogP contribution in [0.3, 0.4) is 0 Å². The molecule has 0 aliphatic rings. The van der Waals surface area contributed by atoms with Crippen LogP contribution in [0.1, 0.15) is 16.7 Å². The summed E-state index contributed by atoms with van der Waals surface area (Å²) in [6, 6.07) is 19.0. The highest BCUT2D eigenvalue weighted by Crippen LogP contribution is 2.16. The minimum Gasteiger partial charge on any atom is -0.490 e. The van der Waals surface area contributed by atoms with Crippen LogP contribution in [0.15, 0.2) is 78.2 Å². The number of nitrogens with two attached hydrogens (primary N) is 1. The minimum atomic E-state index is 0.280. The first kappa shape index (κ1) is 19.2. The number of aromatic nitrogens is 1. The van der Waals surface area contributed by atoms with Crippen LogP contribution in [0.5, 0.6) is 11.5 Å². The van der Waals surface area contributed by atoms with Crippen molar-refractivity contribution in [1.29, 1.82) is 0 Å². The average molecular weight is 377 g/mol. The molecule has 0 unspecified atom stereocenters. The number of benzene rings is 2. The van der Waals surface area contributed by atoms with Crippen LogP contribution < -0.4 is 15.2 Å². The van der Waals surface area contributed by atoms with Crippen molar-refractivity contribution in [2.75, 3.05) is 13.2 Å². The zero-order valence-electron chi connectivity index (χ0n) is 15.7. The normalized spacial score (nSPS) is 11.1. The predicted molar refractivity (Wildman–Crippen MR) is 108 cm³/mol. The largest absolute Gasteiger partial charge is 0.490 e. The minimum absolute atomic E-state index is 0.280. The van der Waals surface area contributed by atoms with Crippen molar-refractivity contribution >= 4 is 5.84 Å². The molecule has 0 saturated carbocycles. The van der Waals surface area contributed by atoms with Crippen LogP contribution in [-0.2, 0) is 11.4 Å². The Kier molecular flexibility index (Phi) is 6.84. The molecule has 0 bridgehead atoms. The van der Waals surface area contributed by atoms with Gasteiger partial charge in [0.15, 0.2) is 12.4 Å². The fourth-order valence-corrected chi connectivity index (χ4v) is 2.47. The lowest BCUT2D eigenvalue weighted by Crippen LogP contribution is -2.15. The van der Waals surface area contributed by atoms with Crippen LogP contribution in [-0.4, -0.2) is 24.0 Å². The third-order valence-corrected chi connectivity index (χ3v) is 3.95. The zero-order valence-corrected chi connectivity index (χ0v) is 15.7. The van der Waals surface area contributed by atoms with E-state index in [4.69, 9.17) is 20.0 Å². The molecule has 0 spiro atoms. The van der Waals surface area contributed by atoms with E-state index in [0.717, 1.165) is 22.4 Å². The summed E-state index contributed by atoms with van der Waals surface area (Å²) in [6.07, 6.45) is 3.50. The summed E-state index contributed by atoms with van der Waals surface area (Å²) in [4.78, 5) is 9.34. The van der Waals surface area contributed by atoms with E-state index in [1.54, 1.807) is 12.4 Å². The molecule has 0 atom stereocenters. The van der Waals surface area contributed by atoms with Gasteiger partial charge in [-0.3, -0.25) is 4.98 Å². The molecule has 6 heteroatoms. The predicted octanol–water partition coefficient (Wildman–Crippen LogP) is 3.68. The van der Waals surface area contributed by atoms with Gasteiger partial charge in [0.1, 0.15) is 24.7 Å². The van der Waals surface area contributed by atoms with Gasteiger partial charge in [-0.2, -0.15) is 0 Å². The Balaban J connectivity index is 1.48. The SMILES string of the molecule is Cc1ccccc1OCCO/N=C(/N)c1cccc(OCc2cccnc2)c1. The van der Waals surface area contributed by atoms with Gasteiger partial charge >= 0.3 is 0 Å². The number of oxime groups is 1. The fraction of sp³-hybridized carbons (Fsp3) is 0.182. The molecule has 28 heavy (non-hydrogen) atoms. The van der Waals surface area contributed by atoms with E-state index in [-0.39, 0.29) is 5.84 Å². The van der Waals surface area contributed by atoms with Crippen LogP contribution in [0, 0.1) is 6.92 Å². The molecule has 0 aliphatic carbocycles. The first-order chi connectivity index (χ1) is 13.7. The molecule has 0 fully saturated rings. The molecule has 0 aliphatic heterocycles. The monoisotopic (exact) mass is 377 g/mol. The zero-order chi connectivity index (χ0) is 19.6. The van der Waals surface area contributed by atoms with Gasteiger partial charge < -0.3 is 20.0 Å². The standard InChI is InChI=1S/C22H23N3O3/c1-17-6-2-3-10-21(17)26-12-13-28-25-22(23)19-8-4-9-20(14-19)27-16-18-7-5-11-24-15-18/h2-11,14-15H,12-13,16H2,1H3,(H2,23,25). The topological polar surface area (TPSA) is 79.0 Å².